The van der Waals surface area contributed by atoms with E-state index in [-0.39, 0.29) is 0 Å². The third-order valence-electron chi connectivity index (χ3n) is 0.220. The van der Waals surface area contributed by atoms with Crippen LogP contribution in [0.4, 0.5) is 4.48 Å². The zero-order valence-corrected chi connectivity index (χ0v) is 4.55. The first kappa shape index (κ1) is 6.48. The van der Waals surface area contributed by atoms with Crippen molar-refractivity contribution in [3.8, 4) is 0 Å². The van der Waals surface area contributed by atoms with Crippen molar-refractivity contribution in [1.29, 1.82) is 0 Å². The average Bonchev–Trinajstić information content (AvgIpc) is 1.65. The zero-order valence-electron chi connectivity index (χ0n) is 2.97. The molecule has 0 aliphatic carbocycles. The van der Waals surface area contributed by atoms with Crippen molar-refractivity contribution in [3.05, 3.63) is 10.1 Å². The second-order valence-corrected chi connectivity index (χ2v) is 1.32. The van der Waals surface area contributed by atoms with E-state index in [9.17, 15) is 14.6 Å². The van der Waals surface area contributed by atoms with Gasteiger partial charge in [-0.15, -0.1) is 0 Å². The van der Waals surface area contributed by atoms with Crippen LogP contribution in [0, 0.1) is 10.1 Å². The molecule has 0 amide bonds. The van der Waals surface area contributed by atoms with Crippen LogP contribution in [-0.4, -0.2) is 9.67 Å². The molecule has 6 heteroatoms. The van der Waals surface area contributed by atoms with Crippen LogP contribution in [0.15, 0.2) is 5.21 Å². The quantitative estimate of drug-likeness (QED) is 0.179. The van der Waals surface area contributed by atoms with Gasteiger partial charge in [0.15, 0.2) is 5.21 Å². The van der Waals surface area contributed by atoms with Crippen molar-refractivity contribution in [1.82, 2.24) is 0 Å². The lowest BCUT2D eigenvalue weighted by Gasteiger charge is -1.80. The van der Waals surface area contributed by atoms with Gasteiger partial charge in [0.1, 0.15) is 0 Å². The highest BCUT2D eigenvalue weighted by Crippen LogP contribution is 1.89. The molecule has 0 unspecified atom stereocenters. The molecular weight excluding hydrogens is 171 g/mol. The second kappa shape index (κ2) is 2.62. The molecule has 0 atom stereocenters. The maximum Gasteiger partial charge on any atom is 0.446 e. The van der Waals surface area contributed by atoms with Crippen LogP contribution < -0.4 is 0 Å². The van der Waals surface area contributed by atoms with Crippen molar-refractivity contribution in [3.63, 3.8) is 0 Å². The van der Waals surface area contributed by atoms with Gasteiger partial charge in [0.2, 0.25) is 0 Å². The summed E-state index contributed by atoms with van der Waals surface area (Å²) in [6, 6.07) is 0. The predicted molar refractivity (Wildman–Crippen MR) is 24.5 cm³/mol. The van der Waals surface area contributed by atoms with Crippen molar-refractivity contribution in [2.24, 2.45) is 5.21 Å². The first-order chi connectivity index (χ1) is 3.18. The largest absolute Gasteiger partial charge is 0.446 e. The molecule has 0 aromatic carbocycles. The van der Waals surface area contributed by atoms with Crippen LogP contribution in [0.25, 0.3) is 0 Å². The number of amidine groups is 1. The van der Waals surface area contributed by atoms with Crippen LogP contribution in [0.5, 0.6) is 0 Å². The van der Waals surface area contributed by atoms with E-state index >= 15 is 0 Å². The van der Waals surface area contributed by atoms with Gasteiger partial charge < -0.3 is 10.1 Å². The minimum Gasteiger partial charge on any atom is -0.357 e. The molecule has 0 aromatic heterocycles. The summed E-state index contributed by atoms with van der Waals surface area (Å²) in [6.45, 7) is 0. The molecule has 0 aliphatic rings. The molecule has 0 bridgehead atoms. The Hall–Kier alpha value is -0.520. The first-order valence-electron chi connectivity index (χ1n) is 1.17. The Balaban J connectivity index is 3.82. The van der Waals surface area contributed by atoms with Gasteiger partial charge in [0.05, 0.1) is 20.4 Å². The Bertz CT molecular complexity index is 112. The molecule has 0 saturated heterocycles. The highest BCUT2D eigenvalue weighted by Gasteiger charge is 2.03. The van der Waals surface area contributed by atoms with Crippen molar-refractivity contribution < 1.29 is 9.40 Å². The molecule has 0 radical (unpaired) electrons. The van der Waals surface area contributed by atoms with Gasteiger partial charge >= 0.3 is 4.74 Å². The van der Waals surface area contributed by atoms with Crippen LogP contribution >= 0.6 is 15.9 Å². The highest BCUT2D eigenvalue weighted by atomic mass is 79.9. The summed E-state index contributed by atoms with van der Waals surface area (Å²) < 4.78 is 9.83. The van der Waals surface area contributed by atoms with E-state index in [1.807, 2.05) is 0 Å². The van der Waals surface area contributed by atoms with Gasteiger partial charge in [0, 0.05) is 0 Å². The number of nitrogens with zero attached hydrogens (tertiary/aromatic N) is 2. The molecular formula is CBrFN2O2. The standard InChI is InChI=1S/CBrFN2O2/c2-1(4-3)5(6)7. The Morgan fingerprint density at radius 3 is 2.43 bits per heavy atom. The lowest BCUT2D eigenvalue weighted by molar-refractivity contribution is -0.343. The summed E-state index contributed by atoms with van der Waals surface area (Å²) in [5.41, 5.74) is 0. The summed E-state index contributed by atoms with van der Waals surface area (Å²) in [5, 5.41) is 11.0. The van der Waals surface area contributed by atoms with Crippen molar-refractivity contribution in [2.45, 2.75) is 0 Å². The Labute approximate surface area is 46.3 Å². The second-order valence-electron chi connectivity index (χ2n) is 0.611. The number of rotatable bonds is 0. The summed E-state index contributed by atoms with van der Waals surface area (Å²) in [5.74, 6) is 0. The average molecular weight is 171 g/mol. The fourth-order valence-electron chi connectivity index (χ4n) is 0.0309. The van der Waals surface area contributed by atoms with Crippen molar-refractivity contribution >= 4 is 20.7 Å². The summed E-state index contributed by atoms with van der Waals surface area (Å²) in [6.07, 6.45) is 0. The highest BCUT2D eigenvalue weighted by molar-refractivity contribution is 9.18. The maximum absolute atomic E-state index is 10.7. The lowest BCUT2D eigenvalue weighted by Crippen LogP contribution is -2.00. The van der Waals surface area contributed by atoms with E-state index in [0.717, 1.165) is 0 Å². The van der Waals surface area contributed by atoms with Gasteiger partial charge in [-0.3, -0.25) is 0 Å². The SMILES string of the molecule is O=[N+]([O-])C(Br)=NF. The van der Waals surface area contributed by atoms with E-state index in [2.05, 4.69) is 15.9 Å². The Morgan fingerprint density at radius 2 is 2.43 bits per heavy atom. The summed E-state index contributed by atoms with van der Waals surface area (Å²) in [7, 11) is 0. The fourth-order valence-corrected chi connectivity index (χ4v) is 0.0309. The minimum atomic E-state index is -0.986. The monoisotopic (exact) mass is 170 g/mol. The Kier molecular flexibility index (Phi) is 2.42. The zero-order chi connectivity index (χ0) is 5.86. The van der Waals surface area contributed by atoms with Crippen molar-refractivity contribution in [2.75, 3.05) is 0 Å². The normalized spacial score (nSPS) is 11.4. The van der Waals surface area contributed by atoms with E-state index in [0.29, 0.717) is 0 Å². The van der Waals surface area contributed by atoms with Gasteiger partial charge in [-0.05, 0) is 4.92 Å². The summed E-state index contributed by atoms with van der Waals surface area (Å²) in [4.78, 5) is 8.33. The molecule has 0 heterocycles. The van der Waals surface area contributed by atoms with Gasteiger partial charge in [-0.2, -0.15) is 0 Å². The molecule has 0 saturated carbocycles. The first-order valence-corrected chi connectivity index (χ1v) is 1.96. The lowest BCUT2D eigenvalue weighted by atomic mass is 11.4. The molecule has 4 nitrogen and oxygen atoms in total. The van der Waals surface area contributed by atoms with E-state index < -0.39 is 9.67 Å². The molecule has 7 heavy (non-hydrogen) atoms. The molecule has 0 rings (SSSR count). The fraction of sp³-hybridized carbons (Fsp3) is 0. The molecule has 0 aromatic rings. The Morgan fingerprint density at radius 1 is 2.00 bits per heavy atom. The van der Waals surface area contributed by atoms with Crippen LogP contribution in [0.2, 0.25) is 0 Å². The topological polar surface area (TPSA) is 55.5 Å². The maximum atomic E-state index is 10.7. The molecule has 0 fully saturated rings. The van der Waals surface area contributed by atoms with Crippen LogP contribution in [-0.2, 0) is 0 Å². The minimum absolute atomic E-state index is 0.910. The molecule has 0 N–H and O–H groups in total. The van der Waals surface area contributed by atoms with E-state index in [4.69, 9.17) is 0 Å². The smallest absolute Gasteiger partial charge is 0.357 e. The molecule has 0 aliphatic heterocycles. The molecule has 40 valence electrons. The predicted octanol–water partition coefficient (Wildman–Crippen LogP) is 0.898. The number of halogens is 2. The van der Waals surface area contributed by atoms with Crippen LogP contribution in [0.1, 0.15) is 0 Å². The van der Waals surface area contributed by atoms with Gasteiger partial charge in [0.25, 0.3) is 0 Å². The number of hydrogen-bond acceptors (Lipinski definition) is 3. The van der Waals surface area contributed by atoms with Gasteiger partial charge in [-0.25, -0.2) is 0 Å². The number of hydrogen-bond donors (Lipinski definition) is 0. The van der Waals surface area contributed by atoms with E-state index in [1.54, 1.807) is 5.21 Å². The van der Waals surface area contributed by atoms with E-state index in [1.165, 1.54) is 0 Å². The number of nitro groups is 1. The van der Waals surface area contributed by atoms with Gasteiger partial charge in [-0.1, -0.05) is 0 Å². The summed E-state index contributed by atoms with van der Waals surface area (Å²) >= 11 is 2.22. The third kappa shape index (κ3) is 2.21. The third-order valence-corrected chi connectivity index (χ3v) is 0.644. The molecule has 0 spiro atoms. The van der Waals surface area contributed by atoms with Crippen LogP contribution in [0.3, 0.4) is 0 Å².